The fourth-order valence-electron chi connectivity index (χ4n) is 4.05. The molecule has 0 aliphatic carbocycles. The van der Waals surface area contributed by atoms with E-state index in [1.54, 1.807) is 0 Å². The van der Waals surface area contributed by atoms with Crippen molar-refractivity contribution in [3.63, 3.8) is 0 Å². The molecule has 2 aromatic carbocycles. The molecule has 1 fully saturated rings. The number of nitrogens with one attached hydrogen (secondary N) is 1. The van der Waals surface area contributed by atoms with Gasteiger partial charge in [0.15, 0.2) is 0 Å². The van der Waals surface area contributed by atoms with Gasteiger partial charge in [0.25, 0.3) is 0 Å². The van der Waals surface area contributed by atoms with E-state index in [9.17, 15) is 0 Å². The third-order valence-corrected chi connectivity index (χ3v) is 5.42. The van der Waals surface area contributed by atoms with Crippen LogP contribution in [0.1, 0.15) is 30.3 Å². The Morgan fingerprint density at radius 2 is 1.81 bits per heavy atom. The van der Waals surface area contributed by atoms with Gasteiger partial charge in [0, 0.05) is 18.9 Å². The first-order chi connectivity index (χ1) is 13.4. The molecule has 1 atom stereocenters. The zero-order valence-electron chi connectivity index (χ0n) is 15.2. The lowest BCUT2D eigenvalue weighted by molar-refractivity contribution is 0.241. The van der Waals surface area contributed by atoms with Crippen molar-refractivity contribution in [2.45, 2.75) is 25.4 Å². The maximum atomic E-state index is 4.91. The number of H-pyrrole nitrogens is 1. The number of imidazole rings is 1. The molecule has 0 spiro atoms. The lowest BCUT2D eigenvalue weighted by Crippen LogP contribution is -2.23. The van der Waals surface area contributed by atoms with E-state index in [2.05, 4.69) is 63.4 Å². The molecule has 4 aromatic rings. The minimum absolute atomic E-state index is 0.363. The van der Waals surface area contributed by atoms with E-state index in [0.717, 1.165) is 36.4 Å². The second-order valence-electron chi connectivity index (χ2n) is 7.20. The molecule has 3 heterocycles. The van der Waals surface area contributed by atoms with E-state index in [4.69, 9.17) is 4.98 Å². The van der Waals surface area contributed by atoms with Crippen LogP contribution < -0.4 is 0 Å². The predicted octanol–water partition coefficient (Wildman–Crippen LogP) is 4.96. The number of aromatic amines is 1. The van der Waals surface area contributed by atoms with Crippen LogP contribution in [0.2, 0.25) is 0 Å². The molecule has 0 radical (unpaired) electrons. The number of fused-ring (bicyclic) bond motifs is 1. The summed E-state index contributed by atoms with van der Waals surface area (Å²) in [4.78, 5) is 15.2. The highest BCUT2D eigenvalue weighted by atomic mass is 15.2. The van der Waals surface area contributed by atoms with Crippen LogP contribution in [-0.4, -0.2) is 26.4 Å². The van der Waals surface area contributed by atoms with Crippen LogP contribution in [0.3, 0.4) is 0 Å². The van der Waals surface area contributed by atoms with E-state index >= 15 is 0 Å². The van der Waals surface area contributed by atoms with Crippen molar-refractivity contribution in [1.29, 1.82) is 0 Å². The normalized spacial score (nSPS) is 17.6. The number of aromatic nitrogens is 3. The van der Waals surface area contributed by atoms with Crippen molar-refractivity contribution in [3.8, 4) is 11.1 Å². The minimum atomic E-state index is 0.363. The third-order valence-electron chi connectivity index (χ3n) is 5.42. The fourth-order valence-corrected chi connectivity index (χ4v) is 4.05. The molecule has 1 N–H and O–H groups in total. The standard InChI is InChI=1S/C23H22N4/c1-2-5-17(6-3-1)16-27-14-4-7-22(27)23-25-20-9-8-19(15-21(20)26-23)18-10-12-24-13-11-18/h1-3,5-6,8-13,15,22H,4,7,14,16H2,(H,25,26). The molecule has 1 unspecified atom stereocenters. The maximum absolute atomic E-state index is 4.91. The summed E-state index contributed by atoms with van der Waals surface area (Å²) in [6.07, 6.45) is 6.04. The number of likely N-dealkylation sites (tertiary alicyclic amines) is 1. The summed E-state index contributed by atoms with van der Waals surface area (Å²) in [5, 5.41) is 0. The van der Waals surface area contributed by atoms with Crippen LogP contribution >= 0.6 is 0 Å². The highest BCUT2D eigenvalue weighted by molar-refractivity contribution is 5.82. The lowest BCUT2D eigenvalue weighted by atomic mass is 10.1. The number of pyridine rings is 1. The first-order valence-electron chi connectivity index (χ1n) is 9.55. The van der Waals surface area contributed by atoms with Crippen LogP contribution in [0.5, 0.6) is 0 Å². The number of nitrogens with zero attached hydrogens (tertiary/aromatic N) is 3. The molecule has 5 rings (SSSR count). The Balaban J connectivity index is 1.44. The Kier molecular flexibility index (Phi) is 4.18. The third kappa shape index (κ3) is 3.24. The van der Waals surface area contributed by atoms with E-state index in [1.165, 1.54) is 23.1 Å². The van der Waals surface area contributed by atoms with Gasteiger partial charge in [-0.1, -0.05) is 36.4 Å². The van der Waals surface area contributed by atoms with Crippen LogP contribution in [0.15, 0.2) is 73.1 Å². The summed E-state index contributed by atoms with van der Waals surface area (Å²) in [5.41, 5.74) is 5.86. The number of hydrogen-bond acceptors (Lipinski definition) is 3. The van der Waals surface area contributed by atoms with Gasteiger partial charge in [-0.15, -0.1) is 0 Å². The molecule has 134 valence electrons. The van der Waals surface area contributed by atoms with Crippen LogP contribution in [0.25, 0.3) is 22.2 Å². The van der Waals surface area contributed by atoms with Crippen molar-refractivity contribution >= 4 is 11.0 Å². The van der Waals surface area contributed by atoms with Gasteiger partial charge < -0.3 is 4.98 Å². The summed E-state index contributed by atoms with van der Waals surface area (Å²) in [6, 6.07) is 21.6. The molecule has 0 bridgehead atoms. The molecule has 1 aliphatic heterocycles. The van der Waals surface area contributed by atoms with E-state index < -0.39 is 0 Å². The maximum Gasteiger partial charge on any atom is 0.124 e. The van der Waals surface area contributed by atoms with E-state index in [0.29, 0.717) is 6.04 Å². The average molecular weight is 354 g/mol. The van der Waals surface area contributed by atoms with E-state index in [-0.39, 0.29) is 0 Å². The Bertz CT molecular complexity index is 1040. The Morgan fingerprint density at radius 1 is 0.963 bits per heavy atom. The average Bonchev–Trinajstić information content (AvgIpc) is 3.35. The van der Waals surface area contributed by atoms with E-state index in [1.807, 2.05) is 24.5 Å². The Hall–Kier alpha value is -2.98. The molecule has 4 heteroatoms. The summed E-state index contributed by atoms with van der Waals surface area (Å²) in [5.74, 6) is 1.09. The molecule has 0 amide bonds. The summed E-state index contributed by atoms with van der Waals surface area (Å²) < 4.78 is 0. The molecule has 1 saturated heterocycles. The SMILES string of the molecule is c1ccc(CN2CCCC2c2nc3ccc(-c4ccncc4)cc3[nH]2)cc1. The molecule has 4 nitrogen and oxygen atoms in total. The van der Waals surface area contributed by atoms with Crippen molar-refractivity contribution in [3.05, 3.63) is 84.4 Å². The first kappa shape index (κ1) is 16.2. The quantitative estimate of drug-likeness (QED) is 0.563. The van der Waals surface area contributed by atoms with Crippen molar-refractivity contribution in [2.24, 2.45) is 0 Å². The van der Waals surface area contributed by atoms with Crippen molar-refractivity contribution in [1.82, 2.24) is 19.9 Å². The van der Waals surface area contributed by atoms with Crippen LogP contribution in [0.4, 0.5) is 0 Å². The van der Waals surface area contributed by atoms with Gasteiger partial charge in [0.05, 0.1) is 17.1 Å². The second-order valence-corrected chi connectivity index (χ2v) is 7.20. The lowest BCUT2D eigenvalue weighted by Gasteiger charge is -2.22. The van der Waals surface area contributed by atoms with Gasteiger partial charge in [-0.3, -0.25) is 9.88 Å². The Labute approximate surface area is 158 Å². The Morgan fingerprint density at radius 3 is 2.67 bits per heavy atom. The fraction of sp³-hybridized carbons (Fsp3) is 0.217. The molecule has 2 aromatic heterocycles. The van der Waals surface area contributed by atoms with Crippen LogP contribution in [0, 0.1) is 0 Å². The highest BCUT2D eigenvalue weighted by Gasteiger charge is 2.28. The smallest absolute Gasteiger partial charge is 0.124 e. The van der Waals surface area contributed by atoms with Gasteiger partial charge in [-0.05, 0) is 60.3 Å². The minimum Gasteiger partial charge on any atom is -0.341 e. The number of benzene rings is 2. The van der Waals surface area contributed by atoms with Crippen LogP contribution in [-0.2, 0) is 6.54 Å². The molecule has 0 saturated carbocycles. The summed E-state index contributed by atoms with van der Waals surface area (Å²) >= 11 is 0. The van der Waals surface area contributed by atoms with Gasteiger partial charge >= 0.3 is 0 Å². The molecular formula is C23H22N4. The first-order valence-corrected chi connectivity index (χ1v) is 9.55. The largest absolute Gasteiger partial charge is 0.341 e. The topological polar surface area (TPSA) is 44.8 Å². The molecule has 27 heavy (non-hydrogen) atoms. The second kappa shape index (κ2) is 6.97. The highest BCUT2D eigenvalue weighted by Crippen LogP contribution is 2.33. The summed E-state index contributed by atoms with van der Waals surface area (Å²) in [6.45, 7) is 2.10. The van der Waals surface area contributed by atoms with Crippen molar-refractivity contribution in [2.75, 3.05) is 6.54 Å². The zero-order valence-corrected chi connectivity index (χ0v) is 15.2. The monoisotopic (exact) mass is 354 g/mol. The van der Waals surface area contributed by atoms with Gasteiger partial charge in [0.2, 0.25) is 0 Å². The molecular weight excluding hydrogens is 332 g/mol. The van der Waals surface area contributed by atoms with Crippen molar-refractivity contribution < 1.29 is 0 Å². The number of rotatable bonds is 4. The predicted molar refractivity (Wildman–Crippen MR) is 108 cm³/mol. The van der Waals surface area contributed by atoms with Gasteiger partial charge in [0.1, 0.15) is 5.82 Å². The molecule has 1 aliphatic rings. The number of hydrogen-bond donors (Lipinski definition) is 1. The van der Waals surface area contributed by atoms with Gasteiger partial charge in [-0.2, -0.15) is 0 Å². The zero-order chi connectivity index (χ0) is 18.1. The van der Waals surface area contributed by atoms with Gasteiger partial charge in [-0.25, -0.2) is 4.98 Å². The summed E-state index contributed by atoms with van der Waals surface area (Å²) in [7, 11) is 0.